The molecule has 0 bridgehead atoms. The van der Waals surface area contributed by atoms with Gasteiger partial charge in [-0.25, -0.2) is 4.98 Å². The van der Waals surface area contributed by atoms with Crippen LogP contribution < -0.4 is 0 Å². The SMILES string of the molecule is FC(F)(F)c1cc(CSc2ccccc2)c2ccccc2n1. The van der Waals surface area contributed by atoms with Crippen molar-refractivity contribution in [1.82, 2.24) is 4.98 Å². The molecule has 2 aromatic carbocycles. The molecule has 1 heterocycles. The number of rotatable bonds is 3. The van der Waals surface area contributed by atoms with Crippen molar-refractivity contribution in [3.63, 3.8) is 0 Å². The molecule has 0 N–H and O–H groups in total. The van der Waals surface area contributed by atoms with Crippen LogP contribution in [-0.2, 0) is 11.9 Å². The molecule has 1 aromatic heterocycles. The number of fused-ring (bicyclic) bond motifs is 1. The average Bonchev–Trinajstić information content (AvgIpc) is 2.52. The van der Waals surface area contributed by atoms with E-state index >= 15 is 0 Å². The number of pyridine rings is 1. The maximum absolute atomic E-state index is 13.0. The molecule has 1 nitrogen and oxygen atoms in total. The van der Waals surface area contributed by atoms with Gasteiger partial charge in [-0.3, -0.25) is 0 Å². The van der Waals surface area contributed by atoms with Crippen molar-refractivity contribution in [1.29, 1.82) is 0 Å². The Balaban J connectivity index is 1.99. The highest BCUT2D eigenvalue weighted by molar-refractivity contribution is 7.98. The Morgan fingerprint density at radius 3 is 2.32 bits per heavy atom. The lowest BCUT2D eigenvalue weighted by Crippen LogP contribution is -2.09. The number of halogens is 3. The average molecular weight is 319 g/mol. The summed E-state index contributed by atoms with van der Waals surface area (Å²) >= 11 is 1.51. The van der Waals surface area contributed by atoms with Gasteiger partial charge < -0.3 is 0 Å². The molecule has 0 amide bonds. The van der Waals surface area contributed by atoms with Crippen molar-refractivity contribution in [3.8, 4) is 0 Å². The summed E-state index contributed by atoms with van der Waals surface area (Å²) < 4.78 is 39.0. The molecule has 0 radical (unpaired) electrons. The van der Waals surface area contributed by atoms with Gasteiger partial charge in [-0.1, -0.05) is 36.4 Å². The van der Waals surface area contributed by atoms with E-state index in [2.05, 4.69) is 4.98 Å². The zero-order valence-electron chi connectivity index (χ0n) is 11.5. The molecule has 0 unspecified atom stereocenters. The Bertz CT molecular complexity index is 785. The number of aromatic nitrogens is 1. The summed E-state index contributed by atoms with van der Waals surface area (Å²) in [6.07, 6.45) is -4.43. The van der Waals surface area contributed by atoms with E-state index in [9.17, 15) is 13.2 Å². The second-order valence-electron chi connectivity index (χ2n) is 4.78. The third-order valence-corrected chi connectivity index (χ3v) is 4.29. The first kappa shape index (κ1) is 14.9. The lowest BCUT2D eigenvalue weighted by molar-refractivity contribution is -0.141. The van der Waals surface area contributed by atoms with E-state index in [-0.39, 0.29) is 0 Å². The van der Waals surface area contributed by atoms with E-state index < -0.39 is 11.9 Å². The van der Waals surface area contributed by atoms with E-state index in [4.69, 9.17) is 0 Å². The summed E-state index contributed by atoms with van der Waals surface area (Å²) in [4.78, 5) is 4.75. The van der Waals surface area contributed by atoms with Gasteiger partial charge in [-0.05, 0) is 29.8 Å². The highest BCUT2D eigenvalue weighted by atomic mass is 32.2. The van der Waals surface area contributed by atoms with Crippen molar-refractivity contribution in [2.45, 2.75) is 16.8 Å². The molecular weight excluding hydrogens is 307 g/mol. The van der Waals surface area contributed by atoms with Crippen molar-refractivity contribution >= 4 is 22.7 Å². The zero-order chi connectivity index (χ0) is 15.6. The molecule has 112 valence electrons. The third-order valence-electron chi connectivity index (χ3n) is 3.23. The largest absolute Gasteiger partial charge is 0.433 e. The third kappa shape index (κ3) is 3.25. The molecule has 0 aliphatic rings. The Morgan fingerprint density at radius 2 is 1.59 bits per heavy atom. The van der Waals surface area contributed by atoms with Gasteiger partial charge in [-0.15, -0.1) is 11.8 Å². The summed E-state index contributed by atoms with van der Waals surface area (Å²) in [7, 11) is 0. The number of hydrogen-bond donors (Lipinski definition) is 0. The fourth-order valence-electron chi connectivity index (χ4n) is 2.19. The van der Waals surface area contributed by atoms with Gasteiger partial charge >= 0.3 is 6.18 Å². The highest BCUT2D eigenvalue weighted by Gasteiger charge is 2.33. The zero-order valence-corrected chi connectivity index (χ0v) is 12.3. The summed E-state index contributed by atoms with van der Waals surface area (Å²) in [5, 5.41) is 0.763. The van der Waals surface area contributed by atoms with Crippen LogP contribution in [0.4, 0.5) is 13.2 Å². The lowest BCUT2D eigenvalue weighted by atomic mass is 10.1. The van der Waals surface area contributed by atoms with Crippen LogP contribution in [0.25, 0.3) is 10.9 Å². The van der Waals surface area contributed by atoms with Crippen molar-refractivity contribution in [3.05, 3.63) is 71.9 Å². The monoisotopic (exact) mass is 319 g/mol. The van der Waals surface area contributed by atoms with Crippen LogP contribution in [-0.4, -0.2) is 4.98 Å². The van der Waals surface area contributed by atoms with Gasteiger partial charge in [0.1, 0.15) is 5.69 Å². The van der Waals surface area contributed by atoms with E-state index in [1.54, 1.807) is 12.1 Å². The van der Waals surface area contributed by atoms with Crippen LogP contribution in [0.3, 0.4) is 0 Å². The molecule has 0 fully saturated rings. The second-order valence-corrected chi connectivity index (χ2v) is 5.83. The Morgan fingerprint density at radius 1 is 0.909 bits per heavy atom. The number of benzene rings is 2. The van der Waals surface area contributed by atoms with Gasteiger partial charge in [0, 0.05) is 16.0 Å². The van der Waals surface area contributed by atoms with E-state index in [1.807, 2.05) is 42.5 Å². The molecule has 0 aliphatic heterocycles. The van der Waals surface area contributed by atoms with Crippen LogP contribution in [0.2, 0.25) is 0 Å². The fourth-order valence-corrected chi connectivity index (χ4v) is 3.10. The number of thioether (sulfide) groups is 1. The van der Waals surface area contributed by atoms with Crippen LogP contribution >= 0.6 is 11.8 Å². The van der Waals surface area contributed by atoms with E-state index in [0.29, 0.717) is 16.8 Å². The normalized spacial score (nSPS) is 11.8. The summed E-state index contributed by atoms with van der Waals surface area (Å²) in [5.41, 5.74) is 0.183. The van der Waals surface area contributed by atoms with Gasteiger partial charge in [0.05, 0.1) is 5.52 Å². The molecule has 0 saturated carbocycles. The second kappa shape index (κ2) is 6.01. The van der Waals surface area contributed by atoms with Crippen LogP contribution in [0.1, 0.15) is 11.3 Å². The minimum Gasteiger partial charge on any atom is -0.243 e. The minimum absolute atomic E-state index is 0.376. The predicted molar refractivity (Wildman–Crippen MR) is 82.7 cm³/mol. The summed E-state index contributed by atoms with van der Waals surface area (Å²) in [5.74, 6) is 0.468. The quantitative estimate of drug-likeness (QED) is 0.587. The smallest absolute Gasteiger partial charge is 0.243 e. The van der Waals surface area contributed by atoms with Gasteiger partial charge in [0.15, 0.2) is 0 Å². The van der Waals surface area contributed by atoms with Crippen LogP contribution in [0.5, 0.6) is 0 Å². The first-order chi connectivity index (χ1) is 10.5. The molecule has 0 saturated heterocycles. The summed E-state index contributed by atoms with van der Waals surface area (Å²) in [6.45, 7) is 0. The maximum atomic E-state index is 13.0. The molecule has 3 rings (SSSR count). The standard InChI is InChI=1S/C17H12F3NS/c18-17(19,20)16-10-12(11-22-13-6-2-1-3-7-13)14-8-4-5-9-15(14)21-16/h1-10H,11H2. The number of nitrogens with zero attached hydrogens (tertiary/aromatic N) is 1. The van der Waals surface area contributed by atoms with E-state index in [1.165, 1.54) is 11.8 Å². The Labute approximate surface area is 130 Å². The summed E-state index contributed by atoms with van der Waals surface area (Å²) in [6, 6.07) is 17.7. The number of para-hydroxylation sites is 1. The van der Waals surface area contributed by atoms with Crippen molar-refractivity contribution in [2.75, 3.05) is 0 Å². The lowest BCUT2D eigenvalue weighted by Gasteiger charge is -2.11. The van der Waals surface area contributed by atoms with Gasteiger partial charge in [0.2, 0.25) is 0 Å². The van der Waals surface area contributed by atoms with Crippen LogP contribution in [0, 0.1) is 0 Å². The Kier molecular flexibility index (Phi) is 4.07. The van der Waals surface area contributed by atoms with E-state index in [0.717, 1.165) is 16.3 Å². The molecule has 3 aromatic rings. The Hall–Kier alpha value is -2.01. The molecular formula is C17H12F3NS. The fraction of sp³-hybridized carbons (Fsp3) is 0.118. The topological polar surface area (TPSA) is 12.9 Å². The highest BCUT2D eigenvalue weighted by Crippen LogP contribution is 2.33. The number of hydrogen-bond acceptors (Lipinski definition) is 2. The predicted octanol–water partition coefficient (Wildman–Crippen LogP) is 5.55. The number of alkyl halides is 3. The van der Waals surface area contributed by atoms with Gasteiger partial charge in [-0.2, -0.15) is 13.2 Å². The maximum Gasteiger partial charge on any atom is 0.433 e. The molecule has 0 atom stereocenters. The van der Waals surface area contributed by atoms with Crippen molar-refractivity contribution < 1.29 is 13.2 Å². The first-order valence-corrected chi connectivity index (χ1v) is 7.66. The molecule has 0 aliphatic carbocycles. The molecule has 0 spiro atoms. The molecule has 5 heteroatoms. The minimum atomic E-state index is -4.43. The molecule has 22 heavy (non-hydrogen) atoms. The van der Waals surface area contributed by atoms with Crippen LogP contribution in [0.15, 0.2) is 65.6 Å². The van der Waals surface area contributed by atoms with Crippen molar-refractivity contribution in [2.24, 2.45) is 0 Å². The van der Waals surface area contributed by atoms with Gasteiger partial charge in [0.25, 0.3) is 0 Å². The first-order valence-electron chi connectivity index (χ1n) is 6.68.